The Morgan fingerprint density at radius 1 is 1.31 bits per heavy atom. The second-order valence-electron chi connectivity index (χ2n) is 3.88. The van der Waals surface area contributed by atoms with Crippen molar-refractivity contribution in [2.45, 2.75) is 47.6 Å². The molecule has 0 fully saturated rings. The SMILES string of the molecule is C.CC(C)Cc1cn(C(C)C)nn1. The Bertz CT molecular complexity index is 238. The molecule has 76 valence electrons. The molecule has 3 nitrogen and oxygen atoms in total. The van der Waals surface area contributed by atoms with Crippen LogP contribution in [0.2, 0.25) is 0 Å². The van der Waals surface area contributed by atoms with E-state index in [0.29, 0.717) is 12.0 Å². The molecule has 1 heterocycles. The highest BCUT2D eigenvalue weighted by atomic mass is 15.4. The predicted octanol–water partition coefficient (Wildman–Crippen LogP) is 2.69. The van der Waals surface area contributed by atoms with E-state index in [2.05, 4.69) is 38.0 Å². The van der Waals surface area contributed by atoms with Crippen molar-refractivity contribution in [2.75, 3.05) is 0 Å². The monoisotopic (exact) mass is 183 g/mol. The van der Waals surface area contributed by atoms with E-state index in [-0.39, 0.29) is 7.43 Å². The minimum absolute atomic E-state index is 0. The van der Waals surface area contributed by atoms with E-state index in [1.165, 1.54) is 0 Å². The molecule has 1 aromatic rings. The second-order valence-corrected chi connectivity index (χ2v) is 3.88. The Hall–Kier alpha value is -0.860. The Balaban J connectivity index is 0.00000144. The second kappa shape index (κ2) is 5.00. The van der Waals surface area contributed by atoms with Crippen molar-refractivity contribution < 1.29 is 0 Å². The van der Waals surface area contributed by atoms with Crippen LogP contribution in [0, 0.1) is 5.92 Å². The molecule has 13 heavy (non-hydrogen) atoms. The summed E-state index contributed by atoms with van der Waals surface area (Å²) < 4.78 is 1.90. The van der Waals surface area contributed by atoms with E-state index in [4.69, 9.17) is 0 Å². The summed E-state index contributed by atoms with van der Waals surface area (Å²) in [6.45, 7) is 8.59. The van der Waals surface area contributed by atoms with Crippen molar-refractivity contribution in [2.24, 2.45) is 5.92 Å². The molecule has 0 atom stereocenters. The van der Waals surface area contributed by atoms with Gasteiger partial charge in [0.2, 0.25) is 0 Å². The first kappa shape index (κ1) is 12.1. The molecular weight excluding hydrogens is 162 g/mol. The van der Waals surface area contributed by atoms with Crippen molar-refractivity contribution in [3.63, 3.8) is 0 Å². The van der Waals surface area contributed by atoms with E-state index >= 15 is 0 Å². The first-order valence-corrected chi connectivity index (χ1v) is 4.50. The van der Waals surface area contributed by atoms with Crippen LogP contribution >= 0.6 is 0 Å². The number of nitrogens with zero attached hydrogens (tertiary/aromatic N) is 3. The molecule has 0 radical (unpaired) electrons. The van der Waals surface area contributed by atoms with Crippen LogP contribution in [0.5, 0.6) is 0 Å². The van der Waals surface area contributed by atoms with E-state index in [1.807, 2.05) is 10.9 Å². The molecule has 0 aliphatic rings. The topological polar surface area (TPSA) is 30.7 Å². The summed E-state index contributed by atoms with van der Waals surface area (Å²) in [4.78, 5) is 0. The molecule has 0 saturated carbocycles. The zero-order valence-electron chi connectivity index (χ0n) is 8.28. The van der Waals surface area contributed by atoms with Gasteiger partial charge in [-0.05, 0) is 26.2 Å². The quantitative estimate of drug-likeness (QED) is 0.721. The summed E-state index contributed by atoms with van der Waals surface area (Å²) in [7, 11) is 0. The van der Waals surface area contributed by atoms with Gasteiger partial charge in [-0.1, -0.05) is 26.5 Å². The standard InChI is InChI=1S/C9H17N3.CH4/c1-7(2)5-9-6-12(8(3)4)11-10-9;/h6-8H,5H2,1-4H3;1H4. The van der Waals surface area contributed by atoms with Gasteiger partial charge in [-0.3, -0.25) is 0 Å². The van der Waals surface area contributed by atoms with Crippen LogP contribution in [0.4, 0.5) is 0 Å². The molecule has 0 spiro atoms. The molecular formula is C10H21N3. The highest BCUT2D eigenvalue weighted by Gasteiger charge is 2.04. The lowest BCUT2D eigenvalue weighted by molar-refractivity contribution is 0.514. The van der Waals surface area contributed by atoms with Crippen LogP contribution in [0.1, 0.15) is 46.9 Å². The largest absolute Gasteiger partial charge is 0.250 e. The van der Waals surface area contributed by atoms with Crippen molar-refractivity contribution in [1.29, 1.82) is 0 Å². The van der Waals surface area contributed by atoms with E-state index in [9.17, 15) is 0 Å². The predicted molar refractivity (Wildman–Crippen MR) is 55.7 cm³/mol. The van der Waals surface area contributed by atoms with Crippen LogP contribution in [-0.4, -0.2) is 15.0 Å². The van der Waals surface area contributed by atoms with Crippen LogP contribution in [0.25, 0.3) is 0 Å². The number of rotatable bonds is 3. The van der Waals surface area contributed by atoms with Gasteiger partial charge in [0.15, 0.2) is 0 Å². The first-order valence-electron chi connectivity index (χ1n) is 4.50. The Labute approximate surface area is 81.2 Å². The molecule has 0 N–H and O–H groups in total. The van der Waals surface area contributed by atoms with Gasteiger partial charge in [0, 0.05) is 12.2 Å². The molecule has 3 heteroatoms. The molecule has 1 aromatic heterocycles. The van der Waals surface area contributed by atoms with Crippen molar-refractivity contribution in [3.05, 3.63) is 11.9 Å². The lowest BCUT2D eigenvalue weighted by atomic mass is 10.1. The highest BCUT2D eigenvalue weighted by Crippen LogP contribution is 2.06. The molecule has 1 rings (SSSR count). The van der Waals surface area contributed by atoms with Crippen LogP contribution in [0.15, 0.2) is 6.20 Å². The van der Waals surface area contributed by atoms with E-state index in [1.54, 1.807) is 0 Å². The van der Waals surface area contributed by atoms with Gasteiger partial charge in [-0.2, -0.15) is 0 Å². The van der Waals surface area contributed by atoms with Gasteiger partial charge in [0.1, 0.15) is 0 Å². The first-order chi connectivity index (χ1) is 5.59. The average Bonchev–Trinajstić information content (AvgIpc) is 2.34. The van der Waals surface area contributed by atoms with Gasteiger partial charge in [0.25, 0.3) is 0 Å². The maximum absolute atomic E-state index is 4.09. The molecule has 0 unspecified atom stereocenters. The fourth-order valence-corrected chi connectivity index (χ4v) is 1.08. The minimum atomic E-state index is 0. The molecule has 0 aliphatic heterocycles. The van der Waals surface area contributed by atoms with Gasteiger partial charge in [-0.15, -0.1) is 5.10 Å². The molecule has 0 aromatic carbocycles. The summed E-state index contributed by atoms with van der Waals surface area (Å²) in [6.07, 6.45) is 3.05. The molecule has 0 amide bonds. The van der Waals surface area contributed by atoms with E-state index in [0.717, 1.165) is 12.1 Å². The maximum Gasteiger partial charge on any atom is 0.0829 e. The summed E-state index contributed by atoms with van der Waals surface area (Å²) in [5, 5.41) is 8.13. The third kappa shape index (κ3) is 3.57. The number of hydrogen-bond acceptors (Lipinski definition) is 2. The van der Waals surface area contributed by atoms with Gasteiger partial charge in [-0.25, -0.2) is 4.68 Å². The normalized spacial score (nSPS) is 10.6. The van der Waals surface area contributed by atoms with Crippen LogP contribution in [0.3, 0.4) is 0 Å². The average molecular weight is 183 g/mol. The molecule has 0 bridgehead atoms. The lowest BCUT2D eigenvalue weighted by Gasteiger charge is -2.01. The highest BCUT2D eigenvalue weighted by molar-refractivity contribution is 4.93. The fraction of sp³-hybridized carbons (Fsp3) is 0.800. The Kier molecular flexibility index (Phi) is 4.67. The van der Waals surface area contributed by atoms with Crippen molar-refractivity contribution in [1.82, 2.24) is 15.0 Å². The summed E-state index contributed by atoms with van der Waals surface area (Å²) >= 11 is 0. The third-order valence-electron chi connectivity index (χ3n) is 1.70. The third-order valence-corrected chi connectivity index (χ3v) is 1.70. The number of hydrogen-bond donors (Lipinski definition) is 0. The minimum Gasteiger partial charge on any atom is -0.250 e. The Morgan fingerprint density at radius 2 is 1.92 bits per heavy atom. The van der Waals surface area contributed by atoms with Gasteiger partial charge < -0.3 is 0 Å². The molecule has 0 saturated heterocycles. The van der Waals surface area contributed by atoms with Crippen molar-refractivity contribution >= 4 is 0 Å². The smallest absolute Gasteiger partial charge is 0.0829 e. The van der Waals surface area contributed by atoms with Crippen LogP contribution in [-0.2, 0) is 6.42 Å². The van der Waals surface area contributed by atoms with E-state index < -0.39 is 0 Å². The zero-order valence-corrected chi connectivity index (χ0v) is 8.28. The van der Waals surface area contributed by atoms with Crippen LogP contribution < -0.4 is 0 Å². The lowest BCUT2D eigenvalue weighted by Crippen LogP contribution is -2.00. The molecule has 0 aliphatic carbocycles. The fourth-order valence-electron chi connectivity index (χ4n) is 1.08. The summed E-state index contributed by atoms with van der Waals surface area (Å²) in [5.41, 5.74) is 1.10. The number of aromatic nitrogens is 3. The van der Waals surface area contributed by atoms with Crippen molar-refractivity contribution in [3.8, 4) is 0 Å². The van der Waals surface area contributed by atoms with Gasteiger partial charge in [0.05, 0.1) is 5.69 Å². The Morgan fingerprint density at radius 3 is 2.31 bits per heavy atom. The summed E-state index contributed by atoms with van der Waals surface area (Å²) in [6, 6.07) is 0.415. The maximum atomic E-state index is 4.09. The summed E-state index contributed by atoms with van der Waals surface area (Å²) in [5.74, 6) is 0.655. The van der Waals surface area contributed by atoms with Gasteiger partial charge >= 0.3 is 0 Å². The zero-order chi connectivity index (χ0) is 9.14.